The molecular formula is C15H21N3O2. The molecule has 1 aromatic carbocycles. The molecule has 0 bridgehead atoms. The van der Waals surface area contributed by atoms with E-state index in [1.54, 1.807) is 23.1 Å². The molecule has 0 aliphatic carbocycles. The summed E-state index contributed by atoms with van der Waals surface area (Å²) in [4.78, 5) is 25.9. The third kappa shape index (κ3) is 3.17. The van der Waals surface area contributed by atoms with Crippen LogP contribution in [0.4, 0.5) is 5.69 Å². The standard InChI is InChI=1S/C15H21N3O2/c1-15(2,3)17-14(20)11-6-4-5-7-12(11)18-9-10(16)8-13(18)19/h4-7,10H,8-9,16H2,1-3H3,(H,17,20). The number of carbonyl (C=O) groups is 2. The Kier molecular flexibility index (Phi) is 3.81. The first-order valence-electron chi connectivity index (χ1n) is 6.75. The van der Waals surface area contributed by atoms with Gasteiger partial charge < -0.3 is 16.0 Å². The van der Waals surface area contributed by atoms with Gasteiger partial charge in [0.2, 0.25) is 5.91 Å². The number of anilines is 1. The summed E-state index contributed by atoms with van der Waals surface area (Å²) in [5.74, 6) is -0.213. The number of carbonyl (C=O) groups excluding carboxylic acids is 2. The lowest BCUT2D eigenvalue weighted by Gasteiger charge is -2.24. The fourth-order valence-corrected chi connectivity index (χ4v) is 2.28. The highest BCUT2D eigenvalue weighted by Crippen LogP contribution is 2.25. The van der Waals surface area contributed by atoms with Gasteiger partial charge in [-0.25, -0.2) is 0 Å². The summed E-state index contributed by atoms with van der Waals surface area (Å²) >= 11 is 0. The maximum atomic E-state index is 12.3. The first-order valence-corrected chi connectivity index (χ1v) is 6.75. The van der Waals surface area contributed by atoms with E-state index in [0.717, 1.165) is 0 Å². The Balaban J connectivity index is 2.31. The minimum Gasteiger partial charge on any atom is -0.347 e. The fourth-order valence-electron chi connectivity index (χ4n) is 2.28. The zero-order chi connectivity index (χ0) is 14.9. The molecule has 1 unspecified atom stereocenters. The molecule has 2 amide bonds. The van der Waals surface area contributed by atoms with E-state index in [1.165, 1.54) is 0 Å². The van der Waals surface area contributed by atoms with Crippen LogP contribution in [0.3, 0.4) is 0 Å². The summed E-state index contributed by atoms with van der Waals surface area (Å²) in [5, 5.41) is 2.92. The minimum absolute atomic E-state index is 0.0338. The zero-order valence-electron chi connectivity index (χ0n) is 12.1. The maximum Gasteiger partial charge on any atom is 0.253 e. The van der Waals surface area contributed by atoms with Gasteiger partial charge in [0.25, 0.3) is 5.91 Å². The summed E-state index contributed by atoms with van der Waals surface area (Å²) < 4.78 is 0. The second-order valence-corrected chi connectivity index (χ2v) is 6.19. The van der Waals surface area contributed by atoms with Crippen LogP contribution in [0.15, 0.2) is 24.3 Å². The Morgan fingerprint density at radius 3 is 2.55 bits per heavy atom. The average molecular weight is 275 g/mol. The van der Waals surface area contributed by atoms with Gasteiger partial charge in [-0.1, -0.05) is 12.1 Å². The van der Waals surface area contributed by atoms with Crippen molar-refractivity contribution in [3.05, 3.63) is 29.8 Å². The molecule has 0 radical (unpaired) electrons. The Morgan fingerprint density at radius 2 is 2.00 bits per heavy atom. The molecule has 1 saturated heterocycles. The molecule has 2 rings (SSSR count). The van der Waals surface area contributed by atoms with E-state index in [0.29, 0.717) is 24.2 Å². The fraction of sp³-hybridized carbons (Fsp3) is 0.467. The van der Waals surface area contributed by atoms with Gasteiger partial charge in [0.05, 0.1) is 11.3 Å². The Bertz CT molecular complexity index is 534. The number of benzene rings is 1. The van der Waals surface area contributed by atoms with Crippen LogP contribution in [-0.4, -0.2) is 29.9 Å². The summed E-state index contributed by atoms with van der Waals surface area (Å²) in [6.07, 6.45) is 0.329. The molecule has 0 saturated carbocycles. The van der Waals surface area contributed by atoms with Crippen molar-refractivity contribution >= 4 is 17.5 Å². The summed E-state index contributed by atoms with van der Waals surface area (Å²) in [5.41, 5.74) is 6.63. The van der Waals surface area contributed by atoms with Crippen LogP contribution in [0.5, 0.6) is 0 Å². The second-order valence-electron chi connectivity index (χ2n) is 6.19. The lowest BCUT2D eigenvalue weighted by molar-refractivity contribution is -0.117. The number of hydrogen-bond donors (Lipinski definition) is 2. The number of para-hydroxylation sites is 1. The van der Waals surface area contributed by atoms with Gasteiger partial charge >= 0.3 is 0 Å². The molecule has 1 fully saturated rings. The van der Waals surface area contributed by atoms with Gasteiger partial charge in [0.1, 0.15) is 0 Å². The molecule has 0 aromatic heterocycles. The van der Waals surface area contributed by atoms with E-state index < -0.39 is 0 Å². The van der Waals surface area contributed by atoms with Crippen molar-refractivity contribution in [2.75, 3.05) is 11.4 Å². The Labute approximate surface area is 119 Å². The molecule has 3 N–H and O–H groups in total. The predicted molar refractivity (Wildman–Crippen MR) is 78.6 cm³/mol. The average Bonchev–Trinajstić information content (AvgIpc) is 2.66. The van der Waals surface area contributed by atoms with Crippen LogP contribution in [-0.2, 0) is 4.79 Å². The van der Waals surface area contributed by atoms with E-state index in [-0.39, 0.29) is 23.4 Å². The monoisotopic (exact) mass is 275 g/mol. The second kappa shape index (κ2) is 5.25. The molecule has 0 spiro atoms. The van der Waals surface area contributed by atoms with Crippen molar-refractivity contribution < 1.29 is 9.59 Å². The van der Waals surface area contributed by atoms with Crippen molar-refractivity contribution in [1.82, 2.24) is 5.32 Å². The van der Waals surface area contributed by atoms with Crippen molar-refractivity contribution in [1.29, 1.82) is 0 Å². The topological polar surface area (TPSA) is 75.4 Å². The van der Waals surface area contributed by atoms with Crippen LogP contribution in [0.2, 0.25) is 0 Å². The van der Waals surface area contributed by atoms with Gasteiger partial charge in [-0.05, 0) is 32.9 Å². The number of hydrogen-bond acceptors (Lipinski definition) is 3. The van der Waals surface area contributed by atoms with Gasteiger partial charge in [0.15, 0.2) is 0 Å². The number of rotatable bonds is 2. The van der Waals surface area contributed by atoms with E-state index in [2.05, 4.69) is 5.32 Å². The van der Waals surface area contributed by atoms with E-state index in [4.69, 9.17) is 5.73 Å². The maximum absolute atomic E-state index is 12.3. The van der Waals surface area contributed by atoms with Crippen LogP contribution in [0.25, 0.3) is 0 Å². The molecule has 1 atom stereocenters. The molecule has 1 aliphatic rings. The van der Waals surface area contributed by atoms with E-state index in [1.807, 2.05) is 26.8 Å². The molecule has 108 valence electrons. The van der Waals surface area contributed by atoms with Crippen molar-refractivity contribution in [2.45, 2.75) is 38.8 Å². The van der Waals surface area contributed by atoms with Gasteiger partial charge in [-0.3, -0.25) is 9.59 Å². The van der Waals surface area contributed by atoms with Crippen molar-refractivity contribution in [2.24, 2.45) is 5.73 Å². The largest absolute Gasteiger partial charge is 0.347 e. The van der Waals surface area contributed by atoms with Crippen LogP contribution >= 0.6 is 0 Å². The zero-order valence-corrected chi connectivity index (χ0v) is 12.1. The molecule has 5 nitrogen and oxygen atoms in total. The summed E-state index contributed by atoms with van der Waals surface area (Å²) in [6.45, 7) is 6.22. The van der Waals surface area contributed by atoms with Crippen LogP contribution in [0.1, 0.15) is 37.6 Å². The van der Waals surface area contributed by atoms with Crippen molar-refractivity contribution in [3.8, 4) is 0 Å². The highest BCUT2D eigenvalue weighted by Gasteiger charge is 2.30. The minimum atomic E-state index is -0.324. The van der Waals surface area contributed by atoms with Crippen LogP contribution < -0.4 is 16.0 Å². The molecule has 1 aromatic rings. The Hall–Kier alpha value is -1.88. The summed E-state index contributed by atoms with van der Waals surface area (Å²) in [6, 6.07) is 6.96. The van der Waals surface area contributed by atoms with Gasteiger partial charge in [-0.15, -0.1) is 0 Å². The highest BCUT2D eigenvalue weighted by atomic mass is 16.2. The lowest BCUT2D eigenvalue weighted by Crippen LogP contribution is -2.41. The molecule has 5 heteroatoms. The first kappa shape index (κ1) is 14.5. The molecule has 20 heavy (non-hydrogen) atoms. The number of nitrogens with one attached hydrogen (secondary N) is 1. The molecular weight excluding hydrogens is 254 g/mol. The lowest BCUT2D eigenvalue weighted by atomic mass is 10.1. The third-order valence-corrected chi connectivity index (χ3v) is 3.08. The molecule has 1 heterocycles. The Morgan fingerprint density at radius 1 is 1.35 bits per heavy atom. The number of amides is 2. The summed E-state index contributed by atoms with van der Waals surface area (Å²) in [7, 11) is 0. The van der Waals surface area contributed by atoms with E-state index in [9.17, 15) is 9.59 Å². The number of nitrogens with two attached hydrogens (primary N) is 1. The van der Waals surface area contributed by atoms with Crippen molar-refractivity contribution in [3.63, 3.8) is 0 Å². The molecule has 1 aliphatic heterocycles. The van der Waals surface area contributed by atoms with E-state index >= 15 is 0 Å². The SMILES string of the molecule is CC(C)(C)NC(=O)c1ccccc1N1CC(N)CC1=O. The van der Waals surface area contributed by atoms with Crippen LogP contribution in [0, 0.1) is 0 Å². The van der Waals surface area contributed by atoms with Gasteiger partial charge in [-0.2, -0.15) is 0 Å². The first-order chi connectivity index (χ1) is 9.28. The predicted octanol–water partition coefficient (Wildman–Crippen LogP) is 1.28. The highest BCUT2D eigenvalue weighted by molar-refractivity contribution is 6.06. The van der Waals surface area contributed by atoms with Gasteiger partial charge in [0, 0.05) is 24.5 Å². The third-order valence-electron chi connectivity index (χ3n) is 3.08. The smallest absolute Gasteiger partial charge is 0.253 e. The number of nitrogens with zero attached hydrogens (tertiary/aromatic N) is 1. The normalized spacial score (nSPS) is 19.3. The quantitative estimate of drug-likeness (QED) is 0.853.